The molecule has 0 radical (unpaired) electrons. The standard InChI is InChI=1S/C11H21NO2/c1-3-11(2,14)7-6-10(13)12-8-4-5-9-12/h14H,3-9H2,1-2H3/t11-/m1/s1. The first-order chi connectivity index (χ1) is 6.55. The number of aliphatic hydroxyl groups is 1. The Balaban J connectivity index is 2.27. The van der Waals surface area contributed by atoms with Gasteiger partial charge in [0.25, 0.3) is 0 Å². The molecule has 0 saturated carbocycles. The lowest BCUT2D eigenvalue weighted by Crippen LogP contribution is -2.31. The van der Waals surface area contributed by atoms with E-state index in [-0.39, 0.29) is 5.91 Å². The van der Waals surface area contributed by atoms with Gasteiger partial charge in [0.1, 0.15) is 0 Å². The molecule has 0 aromatic carbocycles. The van der Waals surface area contributed by atoms with Crippen molar-refractivity contribution in [3.8, 4) is 0 Å². The Hall–Kier alpha value is -0.570. The predicted octanol–water partition coefficient (Wildman–Crippen LogP) is 1.55. The van der Waals surface area contributed by atoms with Crippen LogP contribution < -0.4 is 0 Å². The number of amides is 1. The molecular weight excluding hydrogens is 178 g/mol. The topological polar surface area (TPSA) is 40.5 Å². The minimum Gasteiger partial charge on any atom is -0.390 e. The van der Waals surface area contributed by atoms with Crippen molar-refractivity contribution < 1.29 is 9.90 Å². The van der Waals surface area contributed by atoms with Crippen LogP contribution in [0.15, 0.2) is 0 Å². The van der Waals surface area contributed by atoms with Crippen LogP contribution >= 0.6 is 0 Å². The van der Waals surface area contributed by atoms with Crippen LogP contribution in [0.1, 0.15) is 46.0 Å². The van der Waals surface area contributed by atoms with E-state index in [1.807, 2.05) is 11.8 Å². The Morgan fingerprint density at radius 2 is 2.00 bits per heavy atom. The lowest BCUT2D eigenvalue weighted by Gasteiger charge is -2.22. The molecule has 3 heteroatoms. The van der Waals surface area contributed by atoms with Gasteiger partial charge >= 0.3 is 0 Å². The maximum absolute atomic E-state index is 11.6. The number of likely N-dealkylation sites (tertiary alicyclic amines) is 1. The number of nitrogens with zero attached hydrogens (tertiary/aromatic N) is 1. The lowest BCUT2D eigenvalue weighted by atomic mass is 9.97. The normalized spacial score (nSPS) is 20.9. The molecule has 0 aliphatic carbocycles. The summed E-state index contributed by atoms with van der Waals surface area (Å²) in [5.74, 6) is 0.205. The fourth-order valence-corrected chi connectivity index (χ4v) is 1.68. The Labute approximate surface area is 86.1 Å². The molecule has 1 amide bonds. The van der Waals surface area contributed by atoms with E-state index >= 15 is 0 Å². The quantitative estimate of drug-likeness (QED) is 0.746. The Morgan fingerprint density at radius 1 is 1.43 bits per heavy atom. The third-order valence-electron chi connectivity index (χ3n) is 3.10. The molecule has 1 saturated heterocycles. The number of carbonyl (C=O) groups excluding carboxylic acids is 1. The van der Waals surface area contributed by atoms with Gasteiger partial charge in [-0.15, -0.1) is 0 Å². The molecule has 1 aliphatic heterocycles. The van der Waals surface area contributed by atoms with E-state index in [0.717, 1.165) is 25.9 Å². The Kier molecular flexibility index (Phi) is 3.93. The van der Waals surface area contributed by atoms with Crippen molar-refractivity contribution in [1.29, 1.82) is 0 Å². The first-order valence-corrected chi connectivity index (χ1v) is 5.55. The van der Waals surface area contributed by atoms with E-state index in [2.05, 4.69) is 0 Å². The molecule has 0 spiro atoms. The summed E-state index contributed by atoms with van der Waals surface area (Å²) in [5, 5.41) is 9.74. The summed E-state index contributed by atoms with van der Waals surface area (Å²) < 4.78 is 0. The zero-order valence-electron chi connectivity index (χ0n) is 9.25. The van der Waals surface area contributed by atoms with Crippen molar-refractivity contribution >= 4 is 5.91 Å². The van der Waals surface area contributed by atoms with Gasteiger partial charge in [-0.1, -0.05) is 6.92 Å². The third-order valence-corrected chi connectivity index (χ3v) is 3.10. The molecule has 1 atom stereocenters. The van der Waals surface area contributed by atoms with Crippen LogP contribution in [0.3, 0.4) is 0 Å². The second-order valence-corrected chi connectivity index (χ2v) is 4.44. The van der Waals surface area contributed by atoms with Crippen molar-refractivity contribution in [3.63, 3.8) is 0 Å². The minimum atomic E-state index is -0.671. The fourth-order valence-electron chi connectivity index (χ4n) is 1.68. The van der Waals surface area contributed by atoms with Gasteiger partial charge < -0.3 is 10.0 Å². The maximum Gasteiger partial charge on any atom is 0.222 e. The van der Waals surface area contributed by atoms with Gasteiger partial charge in [0, 0.05) is 19.5 Å². The molecule has 1 N–H and O–H groups in total. The SMILES string of the molecule is CC[C@@](C)(O)CCC(=O)N1CCCC1. The van der Waals surface area contributed by atoms with Crippen LogP contribution in [0.5, 0.6) is 0 Å². The summed E-state index contributed by atoms with van der Waals surface area (Å²) in [6, 6.07) is 0. The number of hydrogen-bond acceptors (Lipinski definition) is 2. The van der Waals surface area contributed by atoms with Crippen LogP contribution in [-0.2, 0) is 4.79 Å². The second kappa shape index (κ2) is 4.78. The van der Waals surface area contributed by atoms with Crippen molar-refractivity contribution in [3.05, 3.63) is 0 Å². The van der Waals surface area contributed by atoms with Crippen LogP contribution in [0.2, 0.25) is 0 Å². The molecule has 0 unspecified atom stereocenters. The first kappa shape index (κ1) is 11.5. The predicted molar refractivity (Wildman–Crippen MR) is 56.0 cm³/mol. The van der Waals surface area contributed by atoms with Crippen molar-refractivity contribution in [2.24, 2.45) is 0 Å². The van der Waals surface area contributed by atoms with Crippen molar-refractivity contribution in [1.82, 2.24) is 4.90 Å². The highest BCUT2D eigenvalue weighted by molar-refractivity contribution is 5.76. The molecule has 14 heavy (non-hydrogen) atoms. The highest BCUT2D eigenvalue weighted by Gasteiger charge is 2.22. The number of carbonyl (C=O) groups is 1. The molecule has 0 aromatic rings. The molecule has 82 valence electrons. The second-order valence-electron chi connectivity index (χ2n) is 4.44. The highest BCUT2D eigenvalue weighted by Crippen LogP contribution is 2.18. The van der Waals surface area contributed by atoms with E-state index in [4.69, 9.17) is 0 Å². The van der Waals surface area contributed by atoms with Crippen LogP contribution in [0, 0.1) is 0 Å². The van der Waals surface area contributed by atoms with Crippen molar-refractivity contribution in [2.45, 2.75) is 51.6 Å². The summed E-state index contributed by atoms with van der Waals surface area (Å²) in [5.41, 5.74) is -0.671. The molecule has 1 heterocycles. The highest BCUT2D eigenvalue weighted by atomic mass is 16.3. The first-order valence-electron chi connectivity index (χ1n) is 5.55. The summed E-state index contributed by atoms with van der Waals surface area (Å²) >= 11 is 0. The molecule has 0 bridgehead atoms. The van der Waals surface area contributed by atoms with E-state index < -0.39 is 5.60 Å². The summed E-state index contributed by atoms with van der Waals surface area (Å²) in [7, 11) is 0. The largest absolute Gasteiger partial charge is 0.390 e. The zero-order valence-corrected chi connectivity index (χ0v) is 9.25. The summed E-state index contributed by atoms with van der Waals surface area (Å²) in [4.78, 5) is 13.5. The lowest BCUT2D eigenvalue weighted by molar-refractivity contribution is -0.131. The van der Waals surface area contributed by atoms with E-state index in [0.29, 0.717) is 19.3 Å². The van der Waals surface area contributed by atoms with Gasteiger partial charge in [-0.2, -0.15) is 0 Å². The van der Waals surface area contributed by atoms with Gasteiger partial charge in [0.2, 0.25) is 5.91 Å². The monoisotopic (exact) mass is 199 g/mol. The summed E-state index contributed by atoms with van der Waals surface area (Å²) in [6.07, 6.45) is 4.05. The fraction of sp³-hybridized carbons (Fsp3) is 0.909. The van der Waals surface area contributed by atoms with E-state index in [1.54, 1.807) is 6.92 Å². The van der Waals surface area contributed by atoms with E-state index in [1.165, 1.54) is 0 Å². The minimum absolute atomic E-state index is 0.205. The van der Waals surface area contributed by atoms with Crippen LogP contribution in [-0.4, -0.2) is 34.6 Å². The zero-order chi connectivity index (χ0) is 10.6. The molecular formula is C11H21NO2. The molecule has 0 aromatic heterocycles. The summed E-state index contributed by atoms with van der Waals surface area (Å²) in [6.45, 7) is 5.56. The number of hydrogen-bond donors (Lipinski definition) is 1. The number of rotatable bonds is 4. The average molecular weight is 199 g/mol. The van der Waals surface area contributed by atoms with Gasteiger partial charge in [-0.25, -0.2) is 0 Å². The molecule has 1 rings (SSSR count). The molecule has 1 fully saturated rings. The van der Waals surface area contributed by atoms with Gasteiger partial charge in [0.15, 0.2) is 0 Å². The van der Waals surface area contributed by atoms with Crippen molar-refractivity contribution in [2.75, 3.05) is 13.1 Å². The van der Waals surface area contributed by atoms with Crippen LogP contribution in [0.4, 0.5) is 0 Å². The van der Waals surface area contributed by atoms with Gasteiger partial charge in [-0.3, -0.25) is 4.79 Å². The Morgan fingerprint density at radius 3 is 2.50 bits per heavy atom. The van der Waals surface area contributed by atoms with E-state index in [9.17, 15) is 9.90 Å². The third kappa shape index (κ3) is 3.29. The smallest absolute Gasteiger partial charge is 0.222 e. The average Bonchev–Trinajstić information content (AvgIpc) is 2.67. The van der Waals surface area contributed by atoms with Gasteiger partial charge in [0.05, 0.1) is 5.60 Å². The maximum atomic E-state index is 11.6. The van der Waals surface area contributed by atoms with Crippen LogP contribution in [0.25, 0.3) is 0 Å². The Bertz CT molecular complexity index is 195. The molecule has 3 nitrogen and oxygen atoms in total. The van der Waals surface area contributed by atoms with Gasteiger partial charge in [-0.05, 0) is 32.6 Å². The molecule has 1 aliphatic rings.